The van der Waals surface area contributed by atoms with Gasteiger partial charge in [-0.3, -0.25) is 4.98 Å². The first-order chi connectivity index (χ1) is 6.29. The molecule has 0 atom stereocenters. The number of hydrogen-bond acceptors (Lipinski definition) is 3. The van der Waals surface area contributed by atoms with Crippen LogP contribution in [0.25, 0.3) is 0 Å². The molecule has 3 heteroatoms. The van der Waals surface area contributed by atoms with Gasteiger partial charge in [0.15, 0.2) is 0 Å². The molecule has 0 aromatic carbocycles. The smallest absolute Gasteiger partial charge is 0.147 e. The number of aromatic nitrogens is 1. The summed E-state index contributed by atoms with van der Waals surface area (Å²) in [6, 6.07) is 3.71. The molecular formula is C10H15N2O. The van der Waals surface area contributed by atoms with Crippen molar-refractivity contribution in [3.05, 3.63) is 24.5 Å². The van der Waals surface area contributed by atoms with Crippen molar-refractivity contribution in [3.63, 3.8) is 0 Å². The van der Waals surface area contributed by atoms with Crippen LogP contribution in [0.2, 0.25) is 0 Å². The van der Waals surface area contributed by atoms with Crippen LogP contribution in [0.5, 0.6) is 5.75 Å². The molecule has 1 radical (unpaired) electrons. The van der Waals surface area contributed by atoms with Gasteiger partial charge in [0, 0.05) is 12.7 Å². The minimum atomic E-state index is 0.723. The maximum Gasteiger partial charge on any atom is 0.147 e. The quantitative estimate of drug-likeness (QED) is 0.635. The molecule has 1 heterocycles. The minimum Gasteiger partial charge on any atom is -0.491 e. The lowest BCUT2D eigenvalue weighted by molar-refractivity contribution is 0.280. The second-order valence-corrected chi connectivity index (χ2v) is 3.12. The summed E-state index contributed by atoms with van der Waals surface area (Å²) >= 11 is 0. The average molecular weight is 179 g/mol. The molecule has 13 heavy (non-hydrogen) atoms. The number of ether oxygens (including phenoxy) is 1. The molecular weight excluding hydrogens is 164 g/mol. The third kappa shape index (κ3) is 4.48. The molecule has 0 bridgehead atoms. The van der Waals surface area contributed by atoms with E-state index < -0.39 is 0 Å². The average Bonchev–Trinajstić information content (AvgIpc) is 2.14. The third-order valence-electron chi connectivity index (χ3n) is 1.59. The van der Waals surface area contributed by atoms with E-state index in [1.54, 1.807) is 6.20 Å². The molecule has 3 nitrogen and oxygen atoms in total. The number of hydrogen-bond donors (Lipinski definition) is 0. The van der Waals surface area contributed by atoms with E-state index in [0.717, 1.165) is 25.3 Å². The van der Waals surface area contributed by atoms with Gasteiger partial charge >= 0.3 is 0 Å². The summed E-state index contributed by atoms with van der Waals surface area (Å²) < 4.78 is 5.41. The first-order valence-electron chi connectivity index (χ1n) is 4.39. The van der Waals surface area contributed by atoms with Crippen molar-refractivity contribution < 1.29 is 4.74 Å². The van der Waals surface area contributed by atoms with Crippen molar-refractivity contribution in [1.29, 1.82) is 0 Å². The Hall–Kier alpha value is -1.09. The molecule has 0 aliphatic rings. The van der Waals surface area contributed by atoms with Crippen LogP contribution in [0.15, 0.2) is 18.3 Å². The molecule has 71 valence electrons. The molecule has 0 aliphatic carbocycles. The second-order valence-electron chi connectivity index (χ2n) is 3.12. The van der Waals surface area contributed by atoms with E-state index in [0.29, 0.717) is 0 Å². The predicted molar refractivity (Wildman–Crippen MR) is 51.7 cm³/mol. The standard InChI is InChI=1S/C10H15N2O/c1-12(2)7-4-8-13-10-5-3-6-11-9-10/h3,5-6H,4,7-8H2,1-2H3. The molecule has 0 unspecified atom stereocenters. The van der Waals surface area contributed by atoms with Gasteiger partial charge in [0.2, 0.25) is 0 Å². The van der Waals surface area contributed by atoms with Gasteiger partial charge < -0.3 is 9.64 Å². The fourth-order valence-corrected chi connectivity index (χ4v) is 0.955. The molecule has 1 rings (SSSR count). The maximum absolute atomic E-state index is 5.41. The summed E-state index contributed by atoms with van der Waals surface area (Å²) in [5, 5.41) is 0. The van der Waals surface area contributed by atoms with E-state index in [1.165, 1.54) is 0 Å². The predicted octanol–water partition coefficient (Wildman–Crippen LogP) is 1.21. The third-order valence-corrected chi connectivity index (χ3v) is 1.59. The van der Waals surface area contributed by atoms with Crippen molar-refractivity contribution in [2.24, 2.45) is 0 Å². The zero-order valence-corrected chi connectivity index (χ0v) is 8.16. The van der Waals surface area contributed by atoms with Gasteiger partial charge in [0.05, 0.1) is 6.61 Å². The van der Waals surface area contributed by atoms with Crippen molar-refractivity contribution in [2.75, 3.05) is 27.2 Å². The fraction of sp³-hybridized carbons (Fsp3) is 0.500. The summed E-state index contributed by atoms with van der Waals surface area (Å²) in [5.74, 6) is 0.723. The first-order valence-corrected chi connectivity index (χ1v) is 4.39. The molecule has 0 fully saturated rings. The van der Waals surface area contributed by atoms with Gasteiger partial charge in [0.1, 0.15) is 11.9 Å². The topological polar surface area (TPSA) is 25.4 Å². The van der Waals surface area contributed by atoms with E-state index in [-0.39, 0.29) is 0 Å². The summed E-state index contributed by atoms with van der Waals surface area (Å²) in [5.41, 5.74) is 0. The van der Waals surface area contributed by atoms with E-state index in [9.17, 15) is 0 Å². The highest BCUT2D eigenvalue weighted by Crippen LogP contribution is 2.05. The van der Waals surface area contributed by atoms with Crippen LogP contribution < -0.4 is 4.74 Å². The Kier molecular flexibility index (Phi) is 4.26. The second kappa shape index (κ2) is 5.54. The molecule has 0 N–H and O–H groups in total. The Balaban J connectivity index is 2.13. The summed E-state index contributed by atoms with van der Waals surface area (Å²) in [4.78, 5) is 5.97. The highest BCUT2D eigenvalue weighted by atomic mass is 16.5. The number of rotatable bonds is 5. The highest BCUT2D eigenvalue weighted by Gasteiger charge is 1.93. The molecule has 0 saturated carbocycles. The van der Waals surface area contributed by atoms with E-state index in [1.807, 2.05) is 12.1 Å². The Morgan fingerprint density at radius 2 is 2.38 bits per heavy atom. The van der Waals surface area contributed by atoms with E-state index in [4.69, 9.17) is 4.74 Å². The normalized spacial score (nSPS) is 10.4. The Bertz CT molecular complexity index is 224. The molecule has 0 spiro atoms. The Morgan fingerprint density at radius 1 is 1.54 bits per heavy atom. The lowest BCUT2D eigenvalue weighted by atomic mass is 10.4. The zero-order valence-electron chi connectivity index (χ0n) is 8.16. The van der Waals surface area contributed by atoms with Gasteiger partial charge in [0.25, 0.3) is 0 Å². The minimum absolute atomic E-state index is 0.723. The van der Waals surface area contributed by atoms with Crippen molar-refractivity contribution in [1.82, 2.24) is 9.88 Å². The van der Waals surface area contributed by atoms with Crippen LogP contribution >= 0.6 is 0 Å². The van der Waals surface area contributed by atoms with Gasteiger partial charge in [-0.25, -0.2) is 0 Å². The molecule has 1 aromatic rings. The first kappa shape index (κ1) is 9.99. The van der Waals surface area contributed by atoms with Crippen LogP contribution in [0.1, 0.15) is 6.42 Å². The van der Waals surface area contributed by atoms with Crippen LogP contribution in [-0.4, -0.2) is 37.1 Å². The Morgan fingerprint density at radius 3 is 3.00 bits per heavy atom. The maximum atomic E-state index is 5.41. The highest BCUT2D eigenvalue weighted by molar-refractivity contribution is 5.13. The van der Waals surface area contributed by atoms with Crippen LogP contribution in [0, 0.1) is 6.20 Å². The SMILES string of the molecule is CN(C)CCCOc1[c]nccc1. The van der Waals surface area contributed by atoms with Crippen molar-refractivity contribution in [3.8, 4) is 5.75 Å². The number of nitrogens with zero attached hydrogens (tertiary/aromatic N) is 2. The van der Waals surface area contributed by atoms with Gasteiger partial charge in [-0.1, -0.05) is 0 Å². The summed E-state index contributed by atoms with van der Waals surface area (Å²) in [6.07, 6.45) is 5.48. The lowest BCUT2D eigenvalue weighted by Crippen LogP contribution is -2.15. The van der Waals surface area contributed by atoms with Gasteiger partial charge in [-0.15, -0.1) is 0 Å². The fourth-order valence-electron chi connectivity index (χ4n) is 0.955. The van der Waals surface area contributed by atoms with Crippen LogP contribution in [0.4, 0.5) is 0 Å². The van der Waals surface area contributed by atoms with Gasteiger partial charge in [-0.05, 0) is 32.6 Å². The molecule has 0 amide bonds. The summed E-state index contributed by atoms with van der Waals surface area (Å²) in [7, 11) is 4.10. The van der Waals surface area contributed by atoms with Crippen molar-refractivity contribution >= 4 is 0 Å². The van der Waals surface area contributed by atoms with E-state index in [2.05, 4.69) is 30.2 Å². The van der Waals surface area contributed by atoms with E-state index >= 15 is 0 Å². The number of pyridine rings is 1. The molecule has 0 saturated heterocycles. The van der Waals surface area contributed by atoms with Crippen LogP contribution in [0.3, 0.4) is 0 Å². The largest absolute Gasteiger partial charge is 0.491 e. The zero-order chi connectivity index (χ0) is 9.52. The Labute approximate surface area is 79.3 Å². The summed E-state index contributed by atoms with van der Waals surface area (Å²) in [6.45, 7) is 1.76. The van der Waals surface area contributed by atoms with Crippen LogP contribution in [-0.2, 0) is 0 Å². The van der Waals surface area contributed by atoms with Gasteiger partial charge in [-0.2, -0.15) is 0 Å². The monoisotopic (exact) mass is 179 g/mol. The molecule has 0 aliphatic heterocycles. The van der Waals surface area contributed by atoms with Crippen molar-refractivity contribution in [2.45, 2.75) is 6.42 Å². The lowest BCUT2D eigenvalue weighted by Gasteiger charge is -2.09. The molecule has 1 aromatic heterocycles.